The number of benzene rings is 2. The molecule has 0 unspecified atom stereocenters. The summed E-state index contributed by atoms with van der Waals surface area (Å²) in [4.78, 5) is 14.5. The van der Waals surface area contributed by atoms with E-state index >= 15 is 0 Å². The monoisotopic (exact) mass is 388 g/mol. The molecule has 0 saturated carbocycles. The third-order valence-corrected chi connectivity index (χ3v) is 4.82. The predicted octanol–water partition coefficient (Wildman–Crippen LogP) is 4.07. The Morgan fingerprint density at radius 2 is 1.83 bits per heavy atom. The van der Waals surface area contributed by atoms with Crippen LogP contribution >= 0.6 is 15.9 Å². The Balaban J connectivity index is 1.63. The lowest BCUT2D eigenvalue weighted by Crippen LogP contribution is -2.43. The maximum Gasteiger partial charge on any atom is 0.253 e. The molecule has 3 rings (SSSR count). The molecule has 1 aliphatic rings. The zero-order valence-electron chi connectivity index (χ0n) is 13.7. The first-order chi connectivity index (χ1) is 11.7. The molecular formula is C19H21BrN2O2. The fraction of sp³-hybridized carbons (Fsp3) is 0.316. The standard InChI is InChI=1S/C19H21BrN2O2/c1-21-16-9-11-22(12-10-16)19(23)14-5-7-17(8-6-14)24-18-4-2-3-15(20)13-18/h2-8,13,16,21H,9-12H2,1H3. The maximum atomic E-state index is 12.6. The fourth-order valence-corrected chi connectivity index (χ4v) is 3.26. The highest BCUT2D eigenvalue weighted by atomic mass is 79.9. The van der Waals surface area contributed by atoms with Crippen molar-refractivity contribution in [3.63, 3.8) is 0 Å². The minimum atomic E-state index is 0.0959. The van der Waals surface area contributed by atoms with Gasteiger partial charge in [-0.05, 0) is 62.4 Å². The molecule has 1 aliphatic heterocycles. The summed E-state index contributed by atoms with van der Waals surface area (Å²) in [5.41, 5.74) is 0.708. The number of hydrogen-bond acceptors (Lipinski definition) is 3. The van der Waals surface area contributed by atoms with Crippen LogP contribution in [0.15, 0.2) is 53.0 Å². The van der Waals surface area contributed by atoms with Crippen molar-refractivity contribution >= 4 is 21.8 Å². The molecule has 0 spiro atoms. The average Bonchev–Trinajstić information content (AvgIpc) is 2.62. The summed E-state index contributed by atoms with van der Waals surface area (Å²) in [5, 5.41) is 3.28. The Morgan fingerprint density at radius 3 is 2.46 bits per heavy atom. The Kier molecular flexibility index (Phi) is 5.53. The van der Waals surface area contributed by atoms with Crippen molar-refractivity contribution in [3.8, 4) is 11.5 Å². The molecule has 1 fully saturated rings. The molecular weight excluding hydrogens is 368 g/mol. The van der Waals surface area contributed by atoms with Crippen molar-refractivity contribution in [2.45, 2.75) is 18.9 Å². The van der Waals surface area contributed by atoms with Crippen LogP contribution in [0.3, 0.4) is 0 Å². The Labute approximate surface area is 150 Å². The van der Waals surface area contributed by atoms with E-state index in [1.807, 2.05) is 60.5 Å². The van der Waals surface area contributed by atoms with Crippen molar-refractivity contribution in [3.05, 3.63) is 58.6 Å². The van der Waals surface area contributed by atoms with Crippen molar-refractivity contribution in [1.82, 2.24) is 10.2 Å². The Bertz CT molecular complexity index is 695. The summed E-state index contributed by atoms with van der Waals surface area (Å²) < 4.78 is 6.77. The van der Waals surface area contributed by atoms with E-state index in [-0.39, 0.29) is 5.91 Å². The molecule has 4 nitrogen and oxygen atoms in total. The molecule has 1 heterocycles. The lowest BCUT2D eigenvalue weighted by Gasteiger charge is -2.31. The fourth-order valence-electron chi connectivity index (χ4n) is 2.89. The number of likely N-dealkylation sites (tertiary alicyclic amines) is 1. The zero-order chi connectivity index (χ0) is 16.9. The number of amides is 1. The number of halogens is 1. The predicted molar refractivity (Wildman–Crippen MR) is 98.6 cm³/mol. The number of ether oxygens (including phenoxy) is 1. The highest BCUT2D eigenvalue weighted by molar-refractivity contribution is 9.10. The van der Waals surface area contributed by atoms with Crippen LogP contribution in [0.1, 0.15) is 23.2 Å². The number of nitrogens with zero attached hydrogens (tertiary/aromatic N) is 1. The second-order valence-electron chi connectivity index (χ2n) is 5.94. The lowest BCUT2D eigenvalue weighted by molar-refractivity contribution is 0.0707. The van der Waals surface area contributed by atoms with Crippen LogP contribution in [0.4, 0.5) is 0 Å². The molecule has 126 valence electrons. The van der Waals surface area contributed by atoms with Gasteiger partial charge in [0.2, 0.25) is 0 Å². The molecule has 2 aromatic carbocycles. The smallest absolute Gasteiger partial charge is 0.253 e. The number of nitrogens with one attached hydrogen (secondary N) is 1. The first kappa shape index (κ1) is 17.0. The minimum absolute atomic E-state index is 0.0959. The van der Waals surface area contributed by atoms with Crippen molar-refractivity contribution in [2.24, 2.45) is 0 Å². The number of piperidine rings is 1. The van der Waals surface area contributed by atoms with Gasteiger partial charge in [0.05, 0.1) is 0 Å². The lowest BCUT2D eigenvalue weighted by atomic mass is 10.0. The molecule has 0 bridgehead atoms. The summed E-state index contributed by atoms with van der Waals surface area (Å²) in [5.74, 6) is 1.58. The van der Waals surface area contributed by atoms with E-state index in [2.05, 4.69) is 21.2 Å². The van der Waals surface area contributed by atoms with Crippen molar-refractivity contribution in [1.29, 1.82) is 0 Å². The third-order valence-electron chi connectivity index (χ3n) is 4.32. The molecule has 1 amide bonds. The number of hydrogen-bond donors (Lipinski definition) is 1. The second-order valence-corrected chi connectivity index (χ2v) is 6.85. The normalized spacial score (nSPS) is 15.3. The maximum absolute atomic E-state index is 12.6. The van der Waals surface area contributed by atoms with Crippen LogP contribution in [0.2, 0.25) is 0 Å². The van der Waals surface area contributed by atoms with E-state index in [1.165, 1.54) is 0 Å². The summed E-state index contributed by atoms with van der Waals surface area (Å²) in [6.45, 7) is 1.61. The van der Waals surface area contributed by atoms with Crippen LogP contribution in [0.5, 0.6) is 11.5 Å². The van der Waals surface area contributed by atoms with Crippen LogP contribution in [0.25, 0.3) is 0 Å². The quantitative estimate of drug-likeness (QED) is 0.858. The van der Waals surface area contributed by atoms with Gasteiger partial charge in [-0.25, -0.2) is 0 Å². The van der Waals surface area contributed by atoms with Gasteiger partial charge < -0.3 is 15.0 Å². The second kappa shape index (κ2) is 7.81. The molecule has 0 radical (unpaired) electrons. The Hall–Kier alpha value is -1.85. The highest BCUT2D eigenvalue weighted by Crippen LogP contribution is 2.25. The zero-order valence-corrected chi connectivity index (χ0v) is 15.3. The first-order valence-electron chi connectivity index (χ1n) is 8.16. The molecule has 2 aromatic rings. The van der Waals surface area contributed by atoms with Gasteiger partial charge in [-0.1, -0.05) is 22.0 Å². The molecule has 0 atom stereocenters. The van der Waals surface area contributed by atoms with Gasteiger partial charge in [-0.3, -0.25) is 4.79 Å². The SMILES string of the molecule is CNC1CCN(C(=O)c2ccc(Oc3cccc(Br)c3)cc2)CC1. The van der Waals surface area contributed by atoms with E-state index in [9.17, 15) is 4.79 Å². The average molecular weight is 389 g/mol. The number of carbonyl (C=O) groups excluding carboxylic acids is 1. The van der Waals surface area contributed by atoms with Crippen molar-refractivity contribution < 1.29 is 9.53 Å². The van der Waals surface area contributed by atoms with E-state index in [0.29, 0.717) is 11.6 Å². The van der Waals surface area contributed by atoms with Crippen molar-refractivity contribution in [2.75, 3.05) is 20.1 Å². The number of rotatable bonds is 4. The summed E-state index contributed by atoms with van der Waals surface area (Å²) >= 11 is 3.42. The van der Waals surface area contributed by atoms with Gasteiger partial charge in [0.1, 0.15) is 11.5 Å². The van der Waals surface area contributed by atoms with Gasteiger partial charge in [0.25, 0.3) is 5.91 Å². The van der Waals surface area contributed by atoms with E-state index in [4.69, 9.17) is 4.74 Å². The molecule has 1 saturated heterocycles. The largest absolute Gasteiger partial charge is 0.457 e. The van der Waals surface area contributed by atoms with E-state index in [1.54, 1.807) is 0 Å². The first-order valence-corrected chi connectivity index (χ1v) is 8.95. The third kappa shape index (κ3) is 4.16. The molecule has 1 N–H and O–H groups in total. The summed E-state index contributed by atoms with van der Waals surface area (Å²) in [7, 11) is 1.98. The van der Waals surface area contributed by atoms with Gasteiger partial charge in [0.15, 0.2) is 0 Å². The highest BCUT2D eigenvalue weighted by Gasteiger charge is 2.22. The molecule has 24 heavy (non-hydrogen) atoms. The van der Waals surface area contributed by atoms with Gasteiger partial charge in [-0.2, -0.15) is 0 Å². The van der Waals surface area contributed by atoms with E-state index < -0.39 is 0 Å². The Morgan fingerprint density at radius 1 is 1.12 bits per heavy atom. The number of carbonyl (C=O) groups is 1. The van der Waals surface area contributed by atoms with Gasteiger partial charge in [-0.15, -0.1) is 0 Å². The molecule has 0 aliphatic carbocycles. The van der Waals surface area contributed by atoms with Crippen LogP contribution < -0.4 is 10.1 Å². The van der Waals surface area contributed by atoms with E-state index in [0.717, 1.165) is 41.9 Å². The van der Waals surface area contributed by atoms with Crippen LogP contribution in [0, 0.1) is 0 Å². The topological polar surface area (TPSA) is 41.6 Å². The summed E-state index contributed by atoms with van der Waals surface area (Å²) in [6, 6.07) is 15.6. The molecule has 0 aromatic heterocycles. The van der Waals surface area contributed by atoms with Crippen LogP contribution in [-0.4, -0.2) is 37.0 Å². The summed E-state index contributed by atoms with van der Waals surface area (Å²) in [6.07, 6.45) is 2.01. The van der Waals surface area contributed by atoms with Crippen LogP contribution in [-0.2, 0) is 0 Å². The minimum Gasteiger partial charge on any atom is -0.457 e. The van der Waals surface area contributed by atoms with Gasteiger partial charge in [0, 0.05) is 29.2 Å². The van der Waals surface area contributed by atoms with Gasteiger partial charge >= 0.3 is 0 Å². The molecule has 5 heteroatoms.